The molecular formula is C34H45F2N3O6. The van der Waals surface area contributed by atoms with E-state index in [2.05, 4.69) is 10.3 Å². The molecule has 0 radical (unpaired) electrons. The fraction of sp³-hybridized carbons (Fsp3) is 0.647. The molecule has 3 heterocycles. The number of fused-ring (bicyclic) bond motifs is 5. The van der Waals surface area contributed by atoms with Gasteiger partial charge in [0.15, 0.2) is 5.69 Å². The molecular weight excluding hydrogens is 584 g/mol. The molecule has 0 unspecified atom stereocenters. The second-order valence-electron chi connectivity index (χ2n) is 14.2. The molecule has 1 aliphatic carbocycles. The number of ether oxygens (including phenoxy) is 3. The van der Waals surface area contributed by atoms with Gasteiger partial charge in [-0.15, -0.1) is 0 Å². The molecule has 2 bridgehead atoms. The highest BCUT2D eigenvalue weighted by Crippen LogP contribution is 2.44. The molecule has 11 heteroatoms. The molecule has 1 saturated heterocycles. The van der Waals surface area contributed by atoms with Gasteiger partial charge in [-0.05, 0) is 74.6 Å². The van der Waals surface area contributed by atoms with Gasteiger partial charge in [-0.1, -0.05) is 34.1 Å². The number of carbonyl (C=O) groups is 3. The molecule has 0 spiro atoms. The Bertz CT molecular complexity index is 1450. The van der Waals surface area contributed by atoms with Crippen molar-refractivity contribution in [2.24, 2.45) is 17.3 Å². The average molecular weight is 630 g/mol. The Morgan fingerprint density at radius 1 is 1.11 bits per heavy atom. The summed E-state index contributed by atoms with van der Waals surface area (Å²) in [6.45, 7) is 9.09. The van der Waals surface area contributed by atoms with Crippen LogP contribution < -0.4 is 14.8 Å². The van der Waals surface area contributed by atoms with Gasteiger partial charge in [-0.2, -0.15) is 8.78 Å². The first-order valence-corrected chi connectivity index (χ1v) is 16.0. The first-order chi connectivity index (χ1) is 21.2. The monoisotopic (exact) mass is 629 g/mol. The van der Waals surface area contributed by atoms with E-state index in [9.17, 15) is 14.4 Å². The number of aromatic nitrogens is 1. The normalized spacial score (nSPS) is 31.1. The van der Waals surface area contributed by atoms with Crippen molar-refractivity contribution in [1.82, 2.24) is 15.2 Å². The van der Waals surface area contributed by atoms with Crippen LogP contribution in [0, 0.1) is 17.3 Å². The Morgan fingerprint density at radius 3 is 2.53 bits per heavy atom. The number of methoxy groups -OCH3 is 1. The summed E-state index contributed by atoms with van der Waals surface area (Å²) in [7, 11) is 1.52. The third-order valence-electron chi connectivity index (χ3n) is 9.98. The number of alkyl carbamates (subject to hydrolysis) is 1. The summed E-state index contributed by atoms with van der Waals surface area (Å²) in [6.07, 6.45) is 2.49. The average Bonchev–Trinajstić information content (AvgIpc) is 3.49. The van der Waals surface area contributed by atoms with E-state index in [0.717, 1.165) is 12.8 Å². The molecule has 1 aromatic carbocycles. The number of amides is 2. The summed E-state index contributed by atoms with van der Waals surface area (Å²) in [6, 6.07) is 4.66. The maximum Gasteiger partial charge on any atom is 0.408 e. The van der Waals surface area contributed by atoms with Crippen LogP contribution in [0.3, 0.4) is 0 Å². The molecule has 2 fully saturated rings. The van der Waals surface area contributed by atoms with Crippen molar-refractivity contribution < 1.29 is 37.4 Å². The van der Waals surface area contributed by atoms with E-state index in [-0.39, 0.29) is 24.6 Å². The van der Waals surface area contributed by atoms with Crippen molar-refractivity contribution in [2.75, 3.05) is 13.7 Å². The van der Waals surface area contributed by atoms with Crippen molar-refractivity contribution in [3.05, 3.63) is 30.0 Å². The Morgan fingerprint density at radius 2 is 1.84 bits per heavy atom. The van der Waals surface area contributed by atoms with Crippen LogP contribution in [0.1, 0.15) is 85.3 Å². The Kier molecular flexibility index (Phi) is 9.03. The molecule has 1 N–H and O–H groups in total. The lowest BCUT2D eigenvalue weighted by Crippen LogP contribution is -2.57. The van der Waals surface area contributed by atoms with Gasteiger partial charge >= 0.3 is 6.09 Å². The number of hydrogen-bond donors (Lipinski definition) is 1. The lowest BCUT2D eigenvalue weighted by molar-refractivity contribution is -0.139. The number of carbonyl (C=O) groups excluding carboxylic acids is 3. The van der Waals surface area contributed by atoms with Gasteiger partial charge in [0.25, 0.3) is 5.92 Å². The molecule has 3 aliphatic rings. The third-order valence-corrected chi connectivity index (χ3v) is 9.98. The van der Waals surface area contributed by atoms with Crippen molar-refractivity contribution in [3.63, 3.8) is 0 Å². The number of alkyl halides is 2. The minimum Gasteiger partial charge on any atom is -0.497 e. The molecule has 6 atom stereocenters. The third kappa shape index (κ3) is 6.58. The van der Waals surface area contributed by atoms with Gasteiger partial charge in [-0.3, -0.25) is 4.79 Å². The number of nitrogens with one attached hydrogen (secondary N) is 1. The quantitative estimate of drug-likeness (QED) is 0.383. The van der Waals surface area contributed by atoms with Crippen molar-refractivity contribution in [2.45, 2.75) is 109 Å². The van der Waals surface area contributed by atoms with Crippen LogP contribution in [-0.4, -0.2) is 65.6 Å². The standard InChI is InChI=1S/C34H45F2N3O6/c1-20-25(19-40)39-18-27(20)44-26-17-21-16-23(43-6)12-13-24(21)37-28(26)34(35,36)15-8-7-10-22-11-9-14-33(22,5)45-31(42)38-29(30(39)41)32(2,3)4/h12-13,16-17,19-20,22,25,27,29H,7-11,14-15,18H2,1-6H3,(H,38,42)/t20-,22+,25+,27-,29+,33+/m0/s1. The molecule has 2 aromatic rings. The maximum atomic E-state index is 16.1. The van der Waals surface area contributed by atoms with E-state index < -0.39 is 65.2 Å². The number of nitrogens with zero attached hydrogens (tertiary/aromatic N) is 2. The topological polar surface area (TPSA) is 107 Å². The van der Waals surface area contributed by atoms with E-state index in [1.54, 1.807) is 31.2 Å². The molecule has 45 heavy (non-hydrogen) atoms. The van der Waals surface area contributed by atoms with Crippen LogP contribution in [0.25, 0.3) is 10.9 Å². The van der Waals surface area contributed by atoms with Crippen LogP contribution in [0.4, 0.5) is 13.6 Å². The van der Waals surface area contributed by atoms with Gasteiger partial charge in [0.1, 0.15) is 35.5 Å². The largest absolute Gasteiger partial charge is 0.497 e. The minimum absolute atomic E-state index is 0.00634. The molecule has 1 aromatic heterocycles. The molecule has 246 valence electrons. The van der Waals surface area contributed by atoms with Crippen LogP contribution in [0.5, 0.6) is 11.5 Å². The number of benzene rings is 1. The molecule has 5 rings (SSSR count). The number of rotatable bonds is 2. The maximum absolute atomic E-state index is 16.1. The summed E-state index contributed by atoms with van der Waals surface area (Å²) in [5.41, 5.74) is -1.58. The predicted octanol–water partition coefficient (Wildman–Crippen LogP) is 6.40. The summed E-state index contributed by atoms with van der Waals surface area (Å²) in [5, 5.41) is 3.38. The van der Waals surface area contributed by atoms with Gasteiger partial charge in [-0.25, -0.2) is 9.78 Å². The van der Waals surface area contributed by atoms with Gasteiger partial charge < -0.3 is 29.2 Å². The molecule has 1 saturated carbocycles. The highest BCUT2D eigenvalue weighted by atomic mass is 19.3. The lowest BCUT2D eigenvalue weighted by Gasteiger charge is -2.37. The van der Waals surface area contributed by atoms with Crippen LogP contribution in [0.2, 0.25) is 0 Å². The predicted molar refractivity (Wildman–Crippen MR) is 164 cm³/mol. The Labute approximate surface area is 263 Å². The highest BCUT2D eigenvalue weighted by molar-refractivity contribution is 5.89. The second-order valence-corrected chi connectivity index (χ2v) is 14.2. The summed E-state index contributed by atoms with van der Waals surface area (Å²) < 4.78 is 49.8. The van der Waals surface area contributed by atoms with Crippen molar-refractivity contribution >= 4 is 29.2 Å². The first-order valence-electron chi connectivity index (χ1n) is 16.0. The van der Waals surface area contributed by atoms with E-state index in [4.69, 9.17) is 14.2 Å². The number of pyridine rings is 1. The minimum atomic E-state index is -3.30. The summed E-state index contributed by atoms with van der Waals surface area (Å²) >= 11 is 0. The van der Waals surface area contributed by atoms with Crippen LogP contribution in [0.15, 0.2) is 24.3 Å². The molecule has 2 amide bonds. The molecule has 9 nitrogen and oxygen atoms in total. The Hall–Kier alpha value is -3.50. The van der Waals surface area contributed by atoms with E-state index in [0.29, 0.717) is 42.2 Å². The number of hydrogen-bond acceptors (Lipinski definition) is 7. The van der Waals surface area contributed by atoms with E-state index in [1.807, 2.05) is 27.7 Å². The first kappa shape index (κ1) is 32.9. The van der Waals surface area contributed by atoms with Gasteiger partial charge in [0.05, 0.1) is 25.2 Å². The van der Waals surface area contributed by atoms with Crippen molar-refractivity contribution in [3.8, 4) is 11.5 Å². The fourth-order valence-corrected chi connectivity index (χ4v) is 7.16. The smallest absolute Gasteiger partial charge is 0.408 e. The Balaban J connectivity index is 1.58. The van der Waals surface area contributed by atoms with Crippen molar-refractivity contribution in [1.29, 1.82) is 0 Å². The van der Waals surface area contributed by atoms with Crippen LogP contribution >= 0.6 is 0 Å². The fourth-order valence-electron chi connectivity index (χ4n) is 7.16. The zero-order valence-electron chi connectivity index (χ0n) is 27.0. The second kappa shape index (κ2) is 12.4. The van der Waals surface area contributed by atoms with Crippen LogP contribution in [-0.2, 0) is 20.2 Å². The number of halogens is 2. The van der Waals surface area contributed by atoms with Gasteiger partial charge in [0.2, 0.25) is 5.91 Å². The summed E-state index contributed by atoms with van der Waals surface area (Å²) in [4.78, 5) is 45.6. The zero-order chi connectivity index (χ0) is 32.7. The number of aldehydes is 1. The lowest BCUT2D eigenvalue weighted by atomic mass is 9.85. The van der Waals surface area contributed by atoms with Gasteiger partial charge in [0, 0.05) is 17.7 Å². The summed E-state index contributed by atoms with van der Waals surface area (Å²) in [5.74, 6) is -3.83. The highest BCUT2D eigenvalue weighted by Gasteiger charge is 2.49. The molecule has 2 aliphatic heterocycles. The SMILES string of the molecule is COc1ccc2nc3c(cc2c1)O[C@H]1CN(C(=O)[C@H](C(C)(C)C)NC(=O)O[C@]2(C)CCC[C@H]2CCCCC3(F)F)[C@H](C=O)[C@@H]1C. The zero-order valence-corrected chi connectivity index (χ0v) is 27.0. The van der Waals surface area contributed by atoms with E-state index >= 15 is 8.78 Å². The van der Waals surface area contributed by atoms with E-state index in [1.165, 1.54) is 12.0 Å².